The summed E-state index contributed by atoms with van der Waals surface area (Å²) in [6.07, 6.45) is 32.2. The number of phosphoric ester groups is 2. The Morgan fingerprint density at radius 1 is 0.706 bits per heavy atom. The van der Waals surface area contributed by atoms with Crippen LogP contribution in [-0.2, 0) is 46.3 Å². The Hall–Kier alpha value is -3.02. The lowest BCUT2D eigenvalue weighted by Gasteiger charge is -2.21. The van der Waals surface area contributed by atoms with Gasteiger partial charge in [-0.15, -0.1) is 0 Å². The molecule has 7 unspecified atom stereocenters. The molecule has 1 aliphatic rings. The number of aromatic nitrogens is 2. The molecule has 7 atom stereocenters. The van der Waals surface area contributed by atoms with Crippen molar-refractivity contribution in [2.45, 2.75) is 211 Å². The maximum atomic E-state index is 12.8. The van der Waals surface area contributed by atoms with E-state index in [0.717, 1.165) is 107 Å². The Kier molecular flexibility index (Phi) is 33.1. The summed E-state index contributed by atoms with van der Waals surface area (Å²) in [6, 6.07) is 1.25. The van der Waals surface area contributed by atoms with Crippen LogP contribution in [0.1, 0.15) is 187 Å². The first kappa shape index (κ1) is 61.1. The normalized spacial score (nSPS) is 19.7. The standard InChI is InChI=1S/C48H83N3O15P2/c1-3-5-7-9-11-13-15-17-19-21-23-25-27-29-31-33-43(52)61-37-40(64-44(53)34-32-30-28-26-24-22-20-18-16-14-12-10-8-6-4-2)38-62-67(57,58)66-68(59,60)63-39-41-45(54)46(55)47(65-41)51-36-35-42(49)50-48(51)56/h12-15,18,20,35-36,40-41,45-47,54-55H,3-11,16-17,19,21-34,37-39H2,1-2H3,(H,57,58)(H,59,60)(H2,49,50,56). The van der Waals surface area contributed by atoms with Crippen molar-refractivity contribution in [2.24, 2.45) is 0 Å². The molecule has 68 heavy (non-hydrogen) atoms. The van der Waals surface area contributed by atoms with Gasteiger partial charge in [0.15, 0.2) is 12.3 Å². The number of carbonyl (C=O) groups excluding carboxylic acids is 2. The third kappa shape index (κ3) is 29.2. The quantitative estimate of drug-likeness (QED) is 0.0177. The van der Waals surface area contributed by atoms with Gasteiger partial charge in [0.1, 0.15) is 30.7 Å². The molecular formula is C48H83N3O15P2. The van der Waals surface area contributed by atoms with E-state index in [4.69, 9.17) is 29.0 Å². The number of hydrogen-bond acceptors (Lipinski definition) is 15. The highest BCUT2D eigenvalue weighted by molar-refractivity contribution is 7.61. The third-order valence-corrected chi connectivity index (χ3v) is 13.8. The third-order valence-electron chi connectivity index (χ3n) is 11.2. The van der Waals surface area contributed by atoms with Crippen molar-refractivity contribution in [2.75, 3.05) is 25.6 Å². The molecule has 0 spiro atoms. The van der Waals surface area contributed by atoms with Crippen LogP contribution < -0.4 is 11.4 Å². The summed E-state index contributed by atoms with van der Waals surface area (Å²) in [5, 5.41) is 20.9. The summed E-state index contributed by atoms with van der Waals surface area (Å²) in [5.41, 5.74) is 4.59. The number of phosphoric acid groups is 2. The number of ether oxygens (including phenoxy) is 3. The Balaban J connectivity index is 1.81. The zero-order chi connectivity index (χ0) is 49.9. The monoisotopic (exact) mass is 1000 g/mol. The van der Waals surface area contributed by atoms with Crippen LogP contribution in [0, 0.1) is 0 Å². The number of nitrogens with two attached hydrogens (primary N) is 1. The number of aliphatic hydroxyl groups is 2. The Morgan fingerprint density at radius 2 is 1.19 bits per heavy atom. The van der Waals surface area contributed by atoms with Crippen LogP contribution in [0.25, 0.3) is 0 Å². The van der Waals surface area contributed by atoms with Crippen molar-refractivity contribution in [3.63, 3.8) is 0 Å². The fraction of sp³-hybridized carbons (Fsp3) is 0.750. The van der Waals surface area contributed by atoms with Crippen LogP contribution in [-0.4, -0.2) is 85.7 Å². The van der Waals surface area contributed by atoms with Gasteiger partial charge in [0.25, 0.3) is 0 Å². The van der Waals surface area contributed by atoms with E-state index in [-0.39, 0.29) is 18.7 Å². The lowest BCUT2D eigenvalue weighted by Crippen LogP contribution is -2.36. The SMILES string of the molecule is CCCCCC=CCC=CCCCCCCCC(=O)OC(COC(=O)CCCCCCCCCC=CCCCCCC)COP(=O)(O)OP(=O)(O)OCC1OC(n2ccc(N)nc2=O)C(O)C1O. The van der Waals surface area contributed by atoms with Crippen molar-refractivity contribution < 1.29 is 66.3 Å². The minimum atomic E-state index is -5.43. The molecule has 390 valence electrons. The fourth-order valence-corrected chi connectivity index (χ4v) is 9.39. The van der Waals surface area contributed by atoms with Gasteiger partial charge < -0.3 is 39.9 Å². The van der Waals surface area contributed by atoms with Gasteiger partial charge >= 0.3 is 33.3 Å². The fourth-order valence-electron chi connectivity index (χ4n) is 7.28. The van der Waals surface area contributed by atoms with Crippen molar-refractivity contribution in [3.8, 4) is 0 Å². The highest BCUT2D eigenvalue weighted by Gasteiger charge is 2.46. The van der Waals surface area contributed by atoms with Gasteiger partial charge in [-0.1, -0.05) is 134 Å². The average molecular weight is 1000 g/mol. The summed E-state index contributed by atoms with van der Waals surface area (Å²) >= 11 is 0. The molecule has 20 heteroatoms. The zero-order valence-electron chi connectivity index (χ0n) is 40.7. The van der Waals surface area contributed by atoms with E-state index in [2.05, 4.69) is 59.6 Å². The van der Waals surface area contributed by atoms with Crippen LogP contribution in [0.2, 0.25) is 0 Å². The van der Waals surface area contributed by atoms with Crippen LogP contribution in [0.4, 0.5) is 5.82 Å². The molecule has 0 saturated carbocycles. The van der Waals surface area contributed by atoms with Gasteiger partial charge in [0.05, 0.1) is 13.2 Å². The van der Waals surface area contributed by atoms with Gasteiger partial charge in [-0.2, -0.15) is 9.29 Å². The molecule has 0 bridgehead atoms. The van der Waals surface area contributed by atoms with Gasteiger partial charge in [-0.25, -0.2) is 13.9 Å². The highest BCUT2D eigenvalue weighted by Crippen LogP contribution is 2.60. The number of nitrogens with zero attached hydrogens (tertiary/aromatic N) is 2. The van der Waals surface area contributed by atoms with Crippen molar-refractivity contribution in [3.05, 3.63) is 59.2 Å². The van der Waals surface area contributed by atoms with E-state index >= 15 is 0 Å². The van der Waals surface area contributed by atoms with Gasteiger partial charge in [0, 0.05) is 19.0 Å². The predicted octanol–water partition coefficient (Wildman–Crippen LogP) is 10.0. The molecule has 2 rings (SSSR count). The number of allylic oxidation sites excluding steroid dienone is 6. The smallest absolute Gasteiger partial charge is 0.462 e. The van der Waals surface area contributed by atoms with Gasteiger partial charge in [-0.3, -0.25) is 23.2 Å². The second-order valence-corrected chi connectivity index (χ2v) is 20.4. The maximum Gasteiger partial charge on any atom is 0.481 e. The van der Waals surface area contributed by atoms with Gasteiger partial charge in [0.2, 0.25) is 0 Å². The highest BCUT2D eigenvalue weighted by atomic mass is 31.3. The lowest BCUT2D eigenvalue weighted by atomic mass is 10.1. The molecule has 1 saturated heterocycles. The molecule has 0 amide bonds. The van der Waals surface area contributed by atoms with E-state index < -0.39 is 83.7 Å². The Bertz CT molecular complexity index is 1780. The minimum absolute atomic E-state index is 0.0336. The van der Waals surface area contributed by atoms with Crippen LogP contribution in [0.3, 0.4) is 0 Å². The van der Waals surface area contributed by atoms with Crippen LogP contribution in [0.5, 0.6) is 0 Å². The second-order valence-electron chi connectivity index (χ2n) is 17.3. The van der Waals surface area contributed by atoms with Crippen LogP contribution in [0.15, 0.2) is 53.5 Å². The molecule has 0 aliphatic carbocycles. The number of esters is 2. The summed E-state index contributed by atoms with van der Waals surface area (Å²) in [6.45, 7) is 2.10. The predicted molar refractivity (Wildman–Crippen MR) is 261 cm³/mol. The molecule has 1 aromatic heterocycles. The summed E-state index contributed by atoms with van der Waals surface area (Å²) in [4.78, 5) is 61.8. The van der Waals surface area contributed by atoms with Crippen molar-refractivity contribution in [1.29, 1.82) is 0 Å². The number of rotatable bonds is 41. The first-order valence-corrected chi connectivity index (χ1v) is 28.0. The number of carbonyl (C=O) groups is 2. The lowest BCUT2D eigenvalue weighted by molar-refractivity contribution is -0.161. The zero-order valence-corrected chi connectivity index (χ0v) is 42.4. The van der Waals surface area contributed by atoms with E-state index in [1.54, 1.807) is 0 Å². The maximum absolute atomic E-state index is 12.8. The molecule has 6 N–H and O–H groups in total. The molecule has 0 aromatic carbocycles. The average Bonchev–Trinajstić information content (AvgIpc) is 3.57. The first-order valence-electron chi connectivity index (χ1n) is 25.0. The van der Waals surface area contributed by atoms with Crippen molar-refractivity contribution >= 4 is 33.4 Å². The van der Waals surface area contributed by atoms with E-state index in [9.17, 15) is 43.5 Å². The minimum Gasteiger partial charge on any atom is -0.462 e. The molecule has 18 nitrogen and oxygen atoms in total. The first-order chi connectivity index (χ1) is 32.7. The van der Waals surface area contributed by atoms with Crippen molar-refractivity contribution in [1.82, 2.24) is 9.55 Å². The molecule has 2 heterocycles. The number of hydrogen-bond donors (Lipinski definition) is 5. The summed E-state index contributed by atoms with van der Waals surface area (Å²) in [5.74, 6) is -1.31. The van der Waals surface area contributed by atoms with Crippen LogP contribution >= 0.6 is 15.6 Å². The summed E-state index contributed by atoms with van der Waals surface area (Å²) in [7, 11) is -10.8. The number of aliphatic hydroxyl groups excluding tert-OH is 2. The molecule has 0 radical (unpaired) electrons. The Morgan fingerprint density at radius 3 is 1.76 bits per heavy atom. The number of anilines is 1. The molecule has 1 aromatic rings. The molecule has 1 aliphatic heterocycles. The van der Waals surface area contributed by atoms with Gasteiger partial charge in [-0.05, 0) is 76.7 Å². The Labute approximate surface area is 404 Å². The summed E-state index contributed by atoms with van der Waals surface area (Å²) < 4.78 is 56.7. The topological polar surface area (TPSA) is 265 Å². The van der Waals surface area contributed by atoms with E-state index in [0.29, 0.717) is 12.8 Å². The van der Waals surface area contributed by atoms with E-state index in [1.165, 1.54) is 51.0 Å². The molecular weight excluding hydrogens is 920 g/mol. The molecule has 1 fully saturated rings. The second kappa shape index (κ2) is 36.9. The number of unbranched alkanes of at least 4 members (excludes halogenated alkanes) is 19. The van der Waals surface area contributed by atoms with E-state index in [1.807, 2.05) is 0 Å². The number of nitrogen functional groups attached to an aromatic ring is 1. The largest absolute Gasteiger partial charge is 0.481 e.